The van der Waals surface area contributed by atoms with Crippen LogP contribution in [-0.2, 0) is 10.5 Å². The van der Waals surface area contributed by atoms with Gasteiger partial charge in [-0.1, -0.05) is 38.1 Å². The molecule has 0 fully saturated rings. The van der Waals surface area contributed by atoms with E-state index in [9.17, 15) is 22.8 Å². The van der Waals surface area contributed by atoms with E-state index < -0.39 is 35.1 Å². The lowest BCUT2D eigenvalue weighted by atomic mass is 10.0. The summed E-state index contributed by atoms with van der Waals surface area (Å²) in [5, 5.41) is 5.10. The van der Waals surface area contributed by atoms with Gasteiger partial charge in [0.05, 0.1) is 0 Å². The number of nitrogens with one attached hydrogen (secondary N) is 2. The average Bonchev–Trinajstić information content (AvgIpc) is 2.66. The molecule has 0 saturated carbocycles. The highest BCUT2D eigenvalue weighted by Crippen LogP contribution is 2.15. The number of hydrogen-bond donors (Lipinski definition) is 2. The van der Waals surface area contributed by atoms with E-state index in [0.717, 1.165) is 18.2 Å². The van der Waals surface area contributed by atoms with Gasteiger partial charge in [-0.2, -0.15) is 11.8 Å². The zero-order chi connectivity index (χ0) is 21.4. The fourth-order valence-electron chi connectivity index (χ4n) is 2.62. The van der Waals surface area contributed by atoms with Gasteiger partial charge in [-0.15, -0.1) is 0 Å². The number of amides is 2. The van der Waals surface area contributed by atoms with E-state index in [1.807, 2.05) is 0 Å². The molecule has 29 heavy (non-hydrogen) atoms. The Labute approximate surface area is 172 Å². The molecule has 0 saturated heterocycles. The quantitative estimate of drug-likeness (QED) is 0.600. The molecule has 0 aliphatic rings. The van der Waals surface area contributed by atoms with Crippen LogP contribution in [-0.4, -0.2) is 30.2 Å². The fourth-order valence-corrected chi connectivity index (χ4v) is 3.46. The van der Waals surface area contributed by atoms with Crippen molar-refractivity contribution in [3.8, 4) is 0 Å². The standard InChI is InChI=1S/C21H23F3N2O2S/c1-13(2)19(26-20(27)18-16(23)8-5-9-17(18)24)21(28)25-10-11-29-12-14-6-3-4-7-15(14)22/h3-9,13,19H,10-12H2,1-2H3,(H,25,28)(H,26,27). The van der Waals surface area contributed by atoms with Gasteiger partial charge in [-0.05, 0) is 29.7 Å². The zero-order valence-corrected chi connectivity index (χ0v) is 17.0. The van der Waals surface area contributed by atoms with E-state index in [1.165, 1.54) is 17.8 Å². The van der Waals surface area contributed by atoms with Gasteiger partial charge in [0.2, 0.25) is 5.91 Å². The third-order valence-corrected chi connectivity index (χ3v) is 5.19. The Bertz CT molecular complexity index is 841. The molecule has 8 heteroatoms. The fraction of sp³-hybridized carbons (Fsp3) is 0.333. The number of carbonyl (C=O) groups excluding carboxylic acids is 2. The number of halogens is 3. The first-order chi connectivity index (χ1) is 13.8. The van der Waals surface area contributed by atoms with Crippen LogP contribution in [0.1, 0.15) is 29.8 Å². The van der Waals surface area contributed by atoms with Gasteiger partial charge in [0.15, 0.2) is 0 Å². The highest BCUT2D eigenvalue weighted by atomic mass is 32.2. The number of hydrogen-bond acceptors (Lipinski definition) is 3. The molecule has 4 nitrogen and oxygen atoms in total. The van der Waals surface area contributed by atoms with Crippen molar-refractivity contribution in [1.82, 2.24) is 10.6 Å². The van der Waals surface area contributed by atoms with E-state index in [2.05, 4.69) is 10.6 Å². The molecular weight excluding hydrogens is 401 g/mol. The Kier molecular flexibility index (Phi) is 8.57. The summed E-state index contributed by atoms with van der Waals surface area (Å²) >= 11 is 1.46. The van der Waals surface area contributed by atoms with Crippen LogP contribution >= 0.6 is 11.8 Å². The SMILES string of the molecule is CC(C)C(NC(=O)c1c(F)cccc1F)C(=O)NCCSCc1ccccc1F. The Hall–Kier alpha value is -2.48. The molecule has 2 rings (SSSR count). The largest absolute Gasteiger partial charge is 0.353 e. The number of thioether (sulfide) groups is 1. The Balaban J connectivity index is 1.86. The van der Waals surface area contributed by atoms with Crippen LogP contribution in [0, 0.1) is 23.4 Å². The molecule has 2 aromatic rings. The van der Waals surface area contributed by atoms with Crippen molar-refractivity contribution >= 4 is 23.6 Å². The van der Waals surface area contributed by atoms with Gasteiger partial charge < -0.3 is 10.6 Å². The first-order valence-electron chi connectivity index (χ1n) is 9.15. The Morgan fingerprint density at radius 1 is 0.966 bits per heavy atom. The summed E-state index contributed by atoms with van der Waals surface area (Å²) in [6, 6.07) is 8.65. The molecule has 0 aliphatic heterocycles. The first-order valence-corrected chi connectivity index (χ1v) is 10.3. The van der Waals surface area contributed by atoms with Crippen molar-refractivity contribution in [3.63, 3.8) is 0 Å². The van der Waals surface area contributed by atoms with Crippen LogP contribution in [0.2, 0.25) is 0 Å². The minimum Gasteiger partial charge on any atom is -0.353 e. The molecule has 2 aromatic carbocycles. The summed E-state index contributed by atoms with van der Waals surface area (Å²) in [7, 11) is 0. The lowest BCUT2D eigenvalue weighted by Crippen LogP contribution is -2.50. The predicted octanol–water partition coefficient (Wildman–Crippen LogP) is 3.91. The highest BCUT2D eigenvalue weighted by molar-refractivity contribution is 7.98. The normalized spacial score (nSPS) is 11.9. The highest BCUT2D eigenvalue weighted by Gasteiger charge is 2.27. The summed E-state index contributed by atoms with van der Waals surface area (Å²) in [4.78, 5) is 24.7. The smallest absolute Gasteiger partial charge is 0.257 e. The lowest BCUT2D eigenvalue weighted by Gasteiger charge is -2.22. The number of benzene rings is 2. The monoisotopic (exact) mass is 424 g/mol. The second-order valence-corrected chi connectivity index (χ2v) is 7.83. The van der Waals surface area contributed by atoms with Crippen molar-refractivity contribution in [3.05, 3.63) is 71.0 Å². The molecule has 1 unspecified atom stereocenters. The molecule has 1 atom stereocenters. The van der Waals surface area contributed by atoms with Crippen LogP contribution < -0.4 is 10.6 Å². The van der Waals surface area contributed by atoms with Gasteiger partial charge >= 0.3 is 0 Å². The van der Waals surface area contributed by atoms with Gasteiger partial charge in [0.25, 0.3) is 5.91 Å². The maximum Gasteiger partial charge on any atom is 0.257 e. The van der Waals surface area contributed by atoms with Crippen molar-refractivity contribution in [1.29, 1.82) is 0 Å². The van der Waals surface area contributed by atoms with Gasteiger partial charge in [-0.3, -0.25) is 9.59 Å². The van der Waals surface area contributed by atoms with E-state index in [1.54, 1.807) is 32.0 Å². The Morgan fingerprint density at radius 2 is 1.59 bits per heavy atom. The minimum atomic E-state index is -0.991. The van der Waals surface area contributed by atoms with Crippen LogP contribution in [0.4, 0.5) is 13.2 Å². The molecule has 0 spiro atoms. The van der Waals surface area contributed by atoms with Crippen LogP contribution in [0.15, 0.2) is 42.5 Å². The summed E-state index contributed by atoms with van der Waals surface area (Å²) < 4.78 is 41.1. The van der Waals surface area contributed by atoms with Crippen LogP contribution in [0.25, 0.3) is 0 Å². The third-order valence-electron chi connectivity index (χ3n) is 4.19. The van der Waals surface area contributed by atoms with Crippen LogP contribution in [0.3, 0.4) is 0 Å². The maximum absolute atomic E-state index is 13.8. The predicted molar refractivity (Wildman–Crippen MR) is 108 cm³/mol. The van der Waals surface area contributed by atoms with E-state index in [0.29, 0.717) is 23.6 Å². The summed E-state index contributed by atoms with van der Waals surface area (Å²) in [5.74, 6) is -2.96. The van der Waals surface area contributed by atoms with E-state index >= 15 is 0 Å². The first kappa shape index (κ1) is 22.8. The van der Waals surface area contributed by atoms with E-state index in [4.69, 9.17) is 0 Å². The van der Waals surface area contributed by atoms with Crippen molar-refractivity contribution in [2.24, 2.45) is 5.92 Å². The molecule has 0 aromatic heterocycles. The topological polar surface area (TPSA) is 58.2 Å². The minimum absolute atomic E-state index is 0.271. The summed E-state index contributed by atoms with van der Waals surface area (Å²) in [6.45, 7) is 3.75. The third kappa shape index (κ3) is 6.52. The van der Waals surface area contributed by atoms with Crippen molar-refractivity contribution in [2.75, 3.05) is 12.3 Å². The summed E-state index contributed by atoms with van der Waals surface area (Å²) in [5.41, 5.74) is -0.130. The number of rotatable bonds is 9. The molecular formula is C21H23F3N2O2S. The molecule has 0 bridgehead atoms. The summed E-state index contributed by atoms with van der Waals surface area (Å²) in [6.07, 6.45) is 0. The lowest BCUT2D eigenvalue weighted by molar-refractivity contribution is -0.123. The zero-order valence-electron chi connectivity index (χ0n) is 16.2. The van der Waals surface area contributed by atoms with E-state index in [-0.39, 0.29) is 11.7 Å². The average molecular weight is 424 g/mol. The molecule has 0 heterocycles. The molecule has 156 valence electrons. The second-order valence-electron chi connectivity index (χ2n) is 6.73. The van der Waals surface area contributed by atoms with Gasteiger partial charge in [0, 0.05) is 18.1 Å². The maximum atomic E-state index is 13.8. The second kappa shape index (κ2) is 10.9. The van der Waals surface area contributed by atoms with Gasteiger partial charge in [0.1, 0.15) is 29.1 Å². The van der Waals surface area contributed by atoms with Gasteiger partial charge in [-0.25, -0.2) is 13.2 Å². The van der Waals surface area contributed by atoms with Crippen molar-refractivity contribution in [2.45, 2.75) is 25.6 Å². The molecule has 2 N–H and O–H groups in total. The molecule has 0 radical (unpaired) electrons. The molecule has 0 aliphatic carbocycles. The van der Waals surface area contributed by atoms with Crippen molar-refractivity contribution < 1.29 is 22.8 Å². The van der Waals surface area contributed by atoms with Crippen LogP contribution in [0.5, 0.6) is 0 Å². The molecule has 2 amide bonds. The Morgan fingerprint density at radius 3 is 2.21 bits per heavy atom. The number of carbonyl (C=O) groups is 2.